The van der Waals surface area contributed by atoms with Gasteiger partial charge in [0.1, 0.15) is 41.0 Å². The topological polar surface area (TPSA) is 115 Å². The molecule has 0 radical (unpaired) electrons. The number of hydrogen-bond donors (Lipinski definition) is 1. The lowest BCUT2D eigenvalue weighted by Crippen LogP contribution is -2.78. The Morgan fingerprint density at radius 2 is 1.96 bits per heavy atom. The number of carbonyl (C=O) groups excluding carboxylic acids is 1. The molecule has 54 heavy (non-hydrogen) atoms. The van der Waals surface area contributed by atoms with Crippen LogP contribution in [0.4, 0.5) is 32.8 Å². The second-order valence-electron chi connectivity index (χ2n) is 15.4. The highest BCUT2D eigenvalue weighted by molar-refractivity contribution is 7.23. The summed E-state index contributed by atoms with van der Waals surface area (Å²) in [4.78, 5) is 29.2. The zero-order valence-corrected chi connectivity index (χ0v) is 30.6. The van der Waals surface area contributed by atoms with Crippen LogP contribution in [0, 0.1) is 28.9 Å². The summed E-state index contributed by atoms with van der Waals surface area (Å²) in [6.07, 6.45) is -0.0163. The van der Waals surface area contributed by atoms with Gasteiger partial charge in [0.15, 0.2) is 5.82 Å². The van der Waals surface area contributed by atoms with Crippen LogP contribution in [0.2, 0.25) is 5.02 Å². The molecule has 4 aromatic rings. The van der Waals surface area contributed by atoms with E-state index in [1.54, 1.807) is 0 Å². The van der Waals surface area contributed by atoms with Gasteiger partial charge in [0, 0.05) is 68.6 Å². The maximum absolute atomic E-state index is 17.2. The Bertz CT molecular complexity index is 2240. The molecule has 17 heteroatoms. The minimum atomic E-state index is -3.11. The normalized spacial score (nSPS) is 24.1. The molecule has 1 saturated carbocycles. The van der Waals surface area contributed by atoms with Crippen LogP contribution in [0.25, 0.3) is 32.1 Å². The van der Waals surface area contributed by atoms with Gasteiger partial charge in [-0.1, -0.05) is 17.7 Å². The molecule has 1 amide bonds. The van der Waals surface area contributed by atoms with Crippen molar-refractivity contribution in [3.8, 4) is 23.2 Å². The number of aromatic nitrogens is 2. The molecule has 0 unspecified atom stereocenters. The Hall–Kier alpha value is -4.04. The van der Waals surface area contributed by atoms with Crippen molar-refractivity contribution < 1.29 is 31.5 Å². The molecule has 4 aliphatic heterocycles. The molecule has 1 spiro atoms. The molecular weight excluding hydrogens is 751 g/mol. The number of fused-ring (bicyclic) bond motifs is 3. The van der Waals surface area contributed by atoms with Crippen LogP contribution in [0.1, 0.15) is 37.7 Å². The van der Waals surface area contributed by atoms with Crippen molar-refractivity contribution in [3.63, 3.8) is 0 Å². The molecule has 0 bridgehead atoms. The summed E-state index contributed by atoms with van der Waals surface area (Å²) in [5, 5.41) is 10.4. The fourth-order valence-electron chi connectivity index (χ4n) is 9.22. The number of piperazine rings is 1. The third kappa shape index (κ3) is 5.72. The molecule has 6 heterocycles. The van der Waals surface area contributed by atoms with E-state index in [2.05, 4.69) is 14.8 Å². The Morgan fingerprint density at radius 1 is 1.17 bits per heavy atom. The molecule has 2 N–H and O–H groups in total. The smallest absolute Gasteiger partial charge is 0.319 e. The highest BCUT2D eigenvalue weighted by Crippen LogP contribution is 2.47. The number of nitrogen functional groups attached to an aromatic ring is 1. The first-order chi connectivity index (χ1) is 25.9. The molecule has 10 nitrogen and oxygen atoms in total. The van der Waals surface area contributed by atoms with Gasteiger partial charge in [-0.05, 0) is 55.8 Å². The Balaban J connectivity index is 1.16. The van der Waals surface area contributed by atoms with Crippen LogP contribution in [0.5, 0.6) is 6.01 Å². The molecule has 5 aliphatic rings. The summed E-state index contributed by atoms with van der Waals surface area (Å²) in [5.74, 6) is -1.86. The maximum Gasteiger partial charge on any atom is 0.319 e. The second kappa shape index (κ2) is 13.0. The quantitative estimate of drug-likeness (QED) is 0.208. The minimum Gasteiger partial charge on any atom is -0.461 e. The van der Waals surface area contributed by atoms with E-state index in [4.69, 9.17) is 27.1 Å². The molecule has 2 atom stereocenters. The molecular formula is C37H36ClF5N8O2S. The van der Waals surface area contributed by atoms with Crippen molar-refractivity contribution in [2.24, 2.45) is 5.92 Å². The molecule has 284 valence electrons. The zero-order valence-electron chi connectivity index (χ0n) is 29.1. The van der Waals surface area contributed by atoms with Crippen molar-refractivity contribution in [3.05, 3.63) is 40.4 Å². The number of likely N-dealkylation sites (tertiary alicyclic amines) is 1. The van der Waals surface area contributed by atoms with Crippen molar-refractivity contribution in [2.45, 2.75) is 55.8 Å². The standard InChI is InChI=1S/C37H36ClF5N8O2S/c38-24-10-22-29(28(41)27(24)21-4-5-25(40)30-26(21)23(12-44)32(45)54-30)46-35(53-18-36-6-1-7-50(36)14-20(39)11-36)47-33(22)48-8-9-51(13-19-2-3-19)37(15-48)16-49(17-37)34(52)31(42)43/h4-5,10,19-20,31H,1-3,6-9,11,13-18,45H2/t20-,36+/m1/s1. The van der Waals surface area contributed by atoms with Gasteiger partial charge in [0.05, 0.1) is 26.4 Å². The first kappa shape index (κ1) is 35.6. The summed E-state index contributed by atoms with van der Waals surface area (Å²) in [6, 6.07) is 5.93. The summed E-state index contributed by atoms with van der Waals surface area (Å²) < 4.78 is 80.1. The van der Waals surface area contributed by atoms with Gasteiger partial charge in [0.25, 0.3) is 5.91 Å². The summed E-state index contributed by atoms with van der Waals surface area (Å²) in [5.41, 5.74) is 4.83. The van der Waals surface area contributed by atoms with E-state index in [1.807, 2.05) is 11.0 Å². The van der Waals surface area contributed by atoms with E-state index >= 15 is 4.39 Å². The van der Waals surface area contributed by atoms with E-state index < -0.39 is 41.2 Å². The molecule has 2 aromatic carbocycles. The van der Waals surface area contributed by atoms with Gasteiger partial charge < -0.3 is 20.3 Å². The van der Waals surface area contributed by atoms with E-state index in [1.165, 1.54) is 23.1 Å². The first-order valence-corrected chi connectivity index (χ1v) is 19.3. The minimum absolute atomic E-state index is 0.00444. The van der Waals surface area contributed by atoms with Gasteiger partial charge in [-0.25, -0.2) is 13.2 Å². The van der Waals surface area contributed by atoms with Crippen molar-refractivity contribution in [1.29, 1.82) is 5.26 Å². The lowest BCUT2D eigenvalue weighted by atomic mass is 9.84. The van der Waals surface area contributed by atoms with Gasteiger partial charge >= 0.3 is 12.4 Å². The fraction of sp³-hybridized carbons (Fsp3) is 0.514. The van der Waals surface area contributed by atoms with E-state index in [-0.39, 0.29) is 73.4 Å². The predicted octanol–water partition coefficient (Wildman–Crippen LogP) is 6.23. The number of carbonyl (C=O) groups is 1. The number of rotatable bonds is 8. The number of nitriles is 1. The molecule has 1 aliphatic carbocycles. The number of nitrogens with two attached hydrogens (primary N) is 1. The average Bonchev–Trinajstić information content (AvgIpc) is 3.64. The van der Waals surface area contributed by atoms with Gasteiger partial charge in [-0.15, -0.1) is 11.3 Å². The van der Waals surface area contributed by atoms with Crippen LogP contribution >= 0.6 is 22.9 Å². The molecule has 5 fully saturated rings. The maximum atomic E-state index is 17.2. The SMILES string of the molecule is N#Cc1c(N)sc2c(F)ccc(-c3c(Cl)cc4c(N5CCN(CC6CC6)C6(CN(C(=O)C(F)F)C6)C5)nc(OC[C@@]56CCCN5C[C@H](F)C6)nc4c3F)c12. The lowest BCUT2D eigenvalue weighted by Gasteiger charge is -2.60. The average molecular weight is 787 g/mol. The highest BCUT2D eigenvalue weighted by atomic mass is 35.5. The monoisotopic (exact) mass is 786 g/mol. The van der Waals surface area contributed by atoms with Crippen LogP contribution < -0.4 is 15.4 Å². The van der Waals surface area contributed by atoms with E-state index in [9.17, 15) is 27.6 Å². The number of alkyl halides is 3. The zero-order chi connectivity index (χ0) is 37.7. The molecule has 2 aromatic heterocycles. The van der Waals surface area contributed by atoms with Crippen molar-refractivity contribution >= 4 is 60.7 Å². The Kier molecular flexibility index (Phi) is 8.60. The molecule has 9 rings (SSSR count). The van der Waals surface area contributed by atoms with Crippen molar-refractivity contribution in [1.82, 2.24) is 24.7 Å². The third-order valence-electron chi connectivity index (χ3n) is 12.0. The van der Waals surface area contributed by atoms with Crippen LogP contribution in [0.3, 0.4) is 0 Å². The summed E-state index contributed by atoms with van der Waals surface area (Å²) >= 11 is 7.79. The van der Waals surface area contributed by atoms with Crippen LogP contribution in [-0.4, -0.2) is 113 Å². The summed E-state index contributed by atoms with van der Waals surface area (Å²) in [7, 11) is 0. The second-order valence-corrected chi connectivity index (χ2v) is 16.9. The Morgan fingerprint density at radius 3 is 2.70 bits per heavy atom. The van der Waals surface area contributed by atoms with Crippen LogP contribution in [0.15, 0.2) is 18.2 Å². The number of ether oxygens (including phenoxy) is 1. The Labute approximate surface area is 316 Å². The highest BCUT2D eigenvalue weighted by Gasteiger charge is 2.54. The van der Waals surface area contributed by atoms with Gasteiger partial charge in [-0.2, -0.15) is 24.0 Å². The number of amides is 1. The number of thiophene rings is 1. The number of nitrogens with zero attached hydrogens (tertiary/aromatic N) is 7. The summed E-state index contributed by atoms with van der Waals surface area (Å²) in [6.45, 7) is 3.44. The first-order valence-electron chi connectivity index (χ1n) is 18.1. The number of hydrogen-bond acceptors (Lipinski definition) is 10. The predicted molar refractivity (Wildman–Crippen MR) is 195 cm³/mol. The van der Waals surface area contributed by atoms with Gasteiger partial charge in [0.2, 0.25) is 0 Å². The lowest BCUT2D eigenvalue weighted by molar-refractivity contribution is -0.159. The fourth-order valence-corrected chi connectivity index (χ4v) is 10.5. The largest absolute Gasteiger partial charge is 0.461 e. The van der Waals surface area contributed by atoms with Gasteiger partial charge in [-0.3, -0.25) is 14.6 Å². The van der Waals surface area contributed by atoms with E-state index in [0.717, 1.165) is 50.1 Å². The number of halogens is 6. The third-order valence-corrected chi connectivity index (χ3v) is 13.3. The van der Waals surface area contributed by atoms with E-state index in [0.29, 0.717) is 44.3 Å². The molecule has 4 saturated heterocycles. The van der Waals surface area contributed by atoms with Crippen molar-refractivity contribution in [2.75, 3.05) is 69.6 Å². The van der Waals surface area contributed by atoms with Crippen LogP contribution in [-0.2, 0) is 4.79 Å². The number of benzene rings is 2. The number of anilines is 2.